The van der Waals surface area contributed by atoms with E-state index in [4.69, 9.17) is 8.83 Å². The number of carbonyl (C=O) groups is 3. The van der Waals surface area contributed by atoms with Gasteiger partial charge in [0.05, 0.1) is 25.6 Å². The van der Waals surface area contributed by atoms with E-state index in [2.05, 4.69) is 24.5 Å². The normalized spacial score (nSPS) is 14.5. The third-order valence-electron chi connectivity index (χ3n) is 6.55. The first-order valence-electron chi connectivity index (χ1n) is 12.5. The molecule has 0 saturated heterocycles. The number of furan rings is 2. The molecule has 1 aliphatic rings. The van der Waals surface area contributed by atoms with Gasteiger partial charge in [0.15, 0.2) is 5.76 Å². The molecule has 0 radical (unpaired) electrons. The zero-order chi connectivity index (χ0) is 25.5. The second-order valence-electron chi connectivity index (χ2n) is 9.47. The van der Waals surface area contributed by atoms with E-state index in [-0.39, 0.29) is 30.8 Å². The van der Waals surface area contributed by atoms with E-state index in [1.165, 1.54) is 23.5 Å². The Morgan fingerprint density at radius 3 is 2.22 bits per heavy atom. The molecule has 0 aliphatic heterocycles. The van der Waals surface area contributed by atoms with E-state index in [0.29, 0.717) is 17.2 Å². The van der Waals surface area contributed by atoms with Crippen LogP contribution in [0.5, 0.6) is 0 Å². The number of carbonyl (C=O) groups excluding carboxylic acids is 3. The van der Waals surface area contributed by atoms with E-state index in [1.807, 2.05) is 24.3 Å². The summed E-state index contributed by atoms with van der Waals surface area (Å²) in [6.45, 7) is 4.00. The van der Waals surface area contributed by atoms with Crippen LogP contribution in [0.15, 0.2) is 69.9 Å². The lowest BCUT2D eigenvalue weighted by Gasteiger charge is -2.32. The lowest BCUT2D eigenvalue weighted by Crippen LogP contribution is -2.48. The molecule has 2 aromatic heterocycles. The van der Waals surface area contributed by atoms with E-state index in [0.717, 1.165) is 31.2 Å². The number of nitrogens with zero attached hydrogens (tertiary/aromatic N) is 1. The van der Waals surface area contributed by atoms with Gasteiger partial charge in [-0.1, -0.05) is 51.0 Å². The Labute approximate surface area is 211 Å². The zero-order valence-electron chi connectivity index (χ0n) is 20.7. The first kappa shape index (κ1) is 25.3. The fourth-order valence-corrected chi connectivity index (χ4v) is 4.53. The molecule has 3 amide bonds. The third kappa shape index (κ3) is 6.24. The summed E-state index contributed by atoms with van der Waals surface area (Å²) in [6.07, 6.45) is 6.93. The average molecular weight is 492 g/mol. The summed E-state index contributed by atoms with van der Waals surface area (Å²) in [7, 11) is 0. The summed E-state index contributed by atoms with van der Waals surface area (Å²) in [6, 6.07) is 13.6. The summed E-state index contributed by atoms with van der Waals surface area (Å²) in [5.74, 6) is -0.164. The largest absolute Gasteiger partial charge is 0.467 e. The molecule has 1 saturated carbocycles. The smallest absolute Gasteiger partial charge is 0.287 e. The topological polar surface area (TPSA) is 105 Å². The lowest BCUT2D eigenvalue weighted by atomic mass is 9.97. The summed E-state index contributed by atoms with van der Waals surface area (Å²) >= 11 is 0. The average Bonchev–Trinajstić information content (AvgIpc) is 3.66. The fourth-order valence-electron chi connectivity index (χ4n) is 4.53. The first-order valence-corrected chi connectivity index (χ1v) is 12.5. The van der Waals surface area contributed by atoms with E-state index >= 15 is 0 Å². The van der Waals surface area contributed by atoms with E-state index in [1.54, 1.807) is 18.2 Å². The van der Waals surface area contributed by atoms with Crippen LogP contribution in [0, 0.1) is 0 Å². The number of hydrogen-bond donors (Lipinski definition) is 2. The van der Waals surface area contributed by atoms with Crippen molar-refractivity contribution < 1.29 is 23.2 Å². The van der Waals surface area contributed by atoms with Gasteiger partial charge in [0.2, 0.25) is 11.8 Å². The predicted octanol–water partition coefficient (Wildman–Crippen LogP) is 4.55. The van der Waals surface area contributed by atoms with Gasteiger partial charge in [0.25, 0.3) is 5.91 Å². The molecule has 1 aromatic carbocycles. The van der Waals surface area contributed by atoms with Gasteiger partial charge in [-0.3, -0.25) is 14.4 Å². The van der Waals surface area contributed by atoms with Gasteiger partial charge in [-0.2, -0.15) is 0 Å². The number of benzene rings is 1. The van der Waals surface area contributed by atoms with Crippen molar-refractivity contribution in [1.29, 1.82) is 0 Å². The van der Waals surface area contributed by atoms with Crippen LogP contribution in [0.2, 0.25) is 0 Å². The SMILES string of the molecule is CC(C)c1ccc([C@@H](C(=O)NC2CCCC2)N(Cc2ccco2)C(=O)CNC(=O)c2ccco2)cc1. The van der Waals surface area contributed by atoms with Crippen LogP contribution in [0.1, 0.15) is 78.9 Å². The Morgan fingerprint density at radius 2 is 1.61 bits per heavy atom. The van der Waals surface area contributed by atoms with Gasteiger partial charge in [0, 0.05) is 6.04 Å². The maximum atomic E-state index is 13.7. The van der Waals surface area contributed by atoms with Crippen molar-refractivity contribution in [3.63, 3.8) is 0 Å². The van der Waals surface area contributed by atoms with Crippen molar-refractivity contribution >= 4 is 17.7 Å². The highest BCUT2D eigenvalue weighted by atomic mass is 16.3. The molecule has 2 N–H and O–H groups in total. The molecule has 0 bridgehead atoms. The molecule has 36 heavy (non-hydrogen) atoms. The fraction of sp³-hybridized carbons (Fsp3) is 0.393. The quantitative estimate of drug-likeness (QED) is 0.433. The number of hydrogen-bond acceptors (Lipinski definition) is 5. The van der Waals surface area contributed by atoms with Crippen LogP contribution < -0.4 is 10.6 Å². The molecule has 190 valence electrons. The van der Waals surface area contributed by atoms with Crippen molar-refractivity contribution in [3.05, 3.63) is 83.7 Å². The van der Waals surface area contributed by atoms with Gasteiger partial charge in [-0.25, -0.2) is 0 Å². The monoisotopic (exact) mass is 491 g/mol. The van der Waals surface area contributed by atoms with Crippen LogP contribution in [0.25, 0.3) is 0 Å². The molecule has 1 atom stereocenters. The lowest BCUT2D eigenvalue weighted by molar-refractivity contribution is -0.141. The van der Waals surface area contributed by atoms with Gasteiger partial charge < -0.3 is 24.4 Å². The third-order valence-corrected chi connectivity index (χ3v) is 6.55. The highest BCUT2D eigenvalue weighted by molar-refractivity contribution is 5.95. The Morgan fingerprint density at radius 1 is 0.944 bits per heavy atom. The second-order valence-corrected chi connectivity index (χ2v) is 9.47. The minimum absolute atomic E-state index is 0.0805. The Balaban J connectivity index is 1.62. The molecule has 3 aromatic rings. The van der Waals surface area contributed by atoms with Crippen LogP contribution in [-0.2, 0) is 16.1 Å². The summed E-state index contributed by atoms with van der Waals surface area (Å²) < 4.78 is 10.6. The van der Waals surface area contributed by atoms with Crippen LogP contribution in [-0.4, -0.2) is 35.2 Å². The van der Waals surface area contributed by atoms with Crippen LogP contribution in [0.4, 0.5) is 0 Å². The summed E-state index contributed by atoms with van der Waals surface area (Å²) in [5, 5.41) is 5.75. The number of amides is 3. The van der Waals surface area contributed by atoms with E-state index < -0.39 is 17.9 Å². The molecule has 0 spiro atoms. The zero-order valence-corrected chi connectivity index (χ0v) is 20.7. The molecule has 0 unspecified atom stereocenters. The molecule has 8 nitrogen and oxygen atoms in total. The number of rotatable bonds is 10. The summed E-state index contributed by atoms with van der Waals surface area (Å²) in [5.41, 5.74) is 1.84. The van der Waals surface area contributed by atoms with Crippen molar-refractivity contribution in [1.82, 2.24) is 15.5 Å². The Hall–Kier alpha value is -3.81. The van der Waals surface area contributed by atoms with Crippen LogP contribution >= 0.6 is 0 Å². The van der Waals surface area contributed by atoms with E-state index in [9.17, 15) is 14.4 Å². The standard InChI is InChI=1S/C28H33N3O5/c1-19(2)20-11-13-21(14-12-20)26(28(34)30-22-7-3-4-8-22)31(18-23-9-5-15-35-23)25(32)17-29-27(33)24-10-6-16-36-24/h5-6,9-16,19,22,26H,3-4,7-8,17-18H2,1-2H3,(H,29,33)(H,30,34)/t26-/m0/s1. The maximum Gasteiger partial charge on any atom is 0.287 e. The van der Waals surface area contributed by atoms with Gasteiger partial charge in [-0.15, -0.1) is 0 Å². The Kier molecular flexibility index (Phi) is 8.25. The number of nitrogens with one attached hydrogen (secondary N) is 2. The first-order chi connectivity index (χ1) is 17.4. The van der Waals surface area contributed by atoms with Gasteiger partial charge >= 0.3 is 0 Å². The van der Waals surface area contributed by atoms with Crippen molar-refractivity contribution in [2.45, 2.75) is 64.1 Å². The molecule has 4 rings (SSSR count). The predicted molar refractivity (Wildman–Crippen MR) is 134 cm³/mol. The van der Waals surface area contributed by atoms with Gasteiger partial charge in [0.1, 0.15) is 11.8 Å². The molecule has 8 heteroatoms. The van der Waals surface area contributed by atoms with Gasteiger partial charge in [-0.05, 0) is 54.2 Å². The molecule has 1 aliphatic carbocycles. The second kappa shape index (κ2) is 11.7. The summed E-state index contributed by atoms with van der Waals surface area (Å²) in [4.78, 5) is 41.1. The van der Waals surface area contributed by atoms with Crippen molar-refractivity contribution in [2.24, 2.45) is 0 Å². The van der Waals surface area contributed by atoms with Crippen LogP contribution in [0.3, 0.4) is 0 Å². The van der Waals surface area contributed by atoms with Crippen molar-refractivity contribution in [3.8, 4) is 0 Å². The highest BCUT2D eigenvalue weighted by Gasteiger charge is 2.34. The molecule has 2 heterocycles. The molecular weight excluding hydrogens is 458 g/mol. The Bertz CT molecular complexity index is 1130. The highest BCUT2D eigenvalue weighted by Crippen LogP contribution is 2.27. The maximum absolute atomic E-state index is 13.7. The molecule has 1 fully saturated rings. The molecular formula is C28H33N3O5. The van der Waals surface area contributed by atoms with Crippen molar-refractivity contribution in [2.75, 3.05) is 6.54 Å². The minimum atomic E-state index is -0.884. The minimum Gasteiger partial charge on any atom is -0.467 e.